The van der Waals surface area contributed by atoms with Crippen LogP contribution < -0.4 is 0 Å². The Bertz CT molecular complexity index is 405. The van der Waals surface area contributed by atoms with E-state index in [9.17, 15) is 4.79 Å². The third-order valence-electron chi connectivity index (χ3n) is 2.82. The number of thioether (sulfide) groups is 1. The van der Waals surface area contributed by atoms with Gasteiger partial charge in [-0.15, -0.1) is 11.8 Å². The third kappa shape index (κ3) is 2.39. The van der Waals surface area contributed by atoms with Gasteiger partial charge in [0.15, 0.2) is 5.78 Å². The minimum absolute atomic E-state index is 0.138. The van der Waals surface area contributed by atoms with Crippen molar-refractivity contribution >= 4 is 40.7 Å². The van der Waals surface area contributed by atoms with Gasteiger partial charge in [0.1, 0.15) is 0 Å². The molecule has 1 atom stereocenters. The van der Waals surface area contributed by atoms with E-state index in [0.717, 1.165) is 18.6 Å². The predicted octanol–water partition coefficient (Wildman–Crippen LogP) is 4.46. The van der Waals surface area contributed by atoms with E-state index in [1.807, 2.05) is 6.92 Å². The number of benzene rings is 1. The molecular weight excluding hydrogens is 263 g/mol. The molecule has 2 rings (SSSR count). The van der Waals surface area contributed by atoms with Crippen LogP contribution >= 0.6 is 35.0 Å². The third-order valence-corrected chi connectivity index (χ3v) is 4.78. The van der Waals surface area contributed by atoms with Crippen LogP contribution in [0, 0.1) is 0 Å². The monoisotopic (exact) mass is 274 g/mol. The molecule has 0 spiro atoms. The van der Waals surface area contributed by atoms with E-state index in [-0.39, 0.29) is 10.5 Å². The largest absolute Gasteiger partial charge is 0.293 e. The van der Waals surface area contributed by atoms with Gasteiger partial charge in [-0.25, -0.2) is 0 Å². The number of Topliss-reactive ketones (excluding diaryl/α,β-unsaturated/α-hetero) is 1. The molecule has 1 unspecified atom stereocenters. The molecule has 1 heterocycles. The molecule has 0 saturated carbocycles. The van der Waals surface area contributed by atoms with Gasteiger partial charge in [0.25, 0.3) is 0 Å². The number of carbonyl (C=O) groups is 1. The second kappa shape index (κ2) is 4.59. The average molecular weight is 275 g/mol. The van der Waals surface area contributed by atoms with Crippen LogP contribution in [0.25, 0.3) is 0 Å². The maximum atomic E-state index is 12.3. The van der Waals surface area contributed by atoms with E-state index in [1.165, 1.54) is 0 Å². The lowest BCUT2D eigenvalue weighted by atomic mass is 9.95. The first-order valence-corrected chi connectivity index (χ1v) is 6.90. The van der Waals surface area contributed by atoms with Gasteiger partial charge in [0.05, 0.1) is 4.75 Å². The molecule has 16 heavy (non-hydrogen) atoms. The van der Waals surface area contributed by atoms with Crippen LogP contribution in [0.1, 0.15) is 30.1 Å². The Morgan fingerprint density at radius 1 is 1.31 bits per heavy atom. The van der Waals surface area contributed by atoms with Crippen molar-refractivity contribution in [2.45, 2.75) is 24.5 Å². The molecule has 1 aliphatic heterocycles. The van der Waals surface area contributed by atoms with Crippen molar-refractivity contribution in [3.63, 3.8) is 0 Å². The van der Waals surface area contributed by atoms with E-state index in [2.05, 4.69) is 0 Å². The molecule has 0 N–H and O–H groups in total. The van der Waals surface area contributed by atoms with Crippen molar-refractivity contribution in [1.82, 2.24) is 0 Å². The summed E-state index contributed by atoms with van der Waals surface area (Å²) in [6, 6.07) is 5.03. The number of halogens is 2. The van der Waals surface area contributed by atoms with Crippen molar-refractivity contribution in [3.05, 3.63) is 33.8 Å². The first-order valence-electron chi connectivity index (χ1n) is 5.16. The molecule has 1 aromatic rings. The second-order valence-electron chi connectivity index (χ2n) is 4.17. The Morgan fingerprint density at radius 2 is 1.94 bits per heavy atom. The lowest BCUT2D eigenvalue weighted by Gasteiger charge is -2.21. The molecule has 4 heteroatoms. The molecule has 1 fully saturated rings. The number of rotatable bonds is 2. The van der Waals surface area contributed by atoms with Crippen molar-refractivity contribution in [1.29, 1.82) is 0 Å². The summed E-state index contributed by atoms with van der Waals surface area (Å²) in [6.45, 7) is 2.00. The van der Waals surface area contributed by atoms with Crippen LogP contribution in [0.3, 0.4) is 0 Å². The molecule has 0 aliphatic carbocycles. The first-order chi connectivity index (χ1) is 7.51. The standard InChI is InChI=1S/C12H12Cl2OS/c1-12(3-2-4-16-12)11(15)8-5-9(13)7-10(14)6-8/h5-7H,2-4H2,1H3. The van der Waals surface area contributed by atoms with Crippen LogP contribution in [-0.4, -0.2) is 16.3 Å². The van der Waals surface area contributed by atoms with Gasteiger partial charge in [-0.2, -0.15) is 0 Å². The first kappa shape index (κ1) is 12.3. The summed E-state index contributed by atoms with van der Waals surface area (Å²) in [4.78, 5) is 12.3. The molecule has 1 nitrogen and oxygen atoms in total. The highest BCUT2D eigenvalue weighted by molar-refractivity contribution is 8.01. The van der Waals surface area contributed by atoms with Crippen LogP contribution in [0.2, 0.25) is 10.0 Å². The highest BCUT2D eigenvalue weighted by atomic mass is 35.5. The topological polar surface area (TPSA) is 17.1 Å². The molecule has 0 radical (unpaired) electrons. The molecule has 1 aromatic carbocycles. The van der Waals surface area contributed by atoms with Crippen LogP contribution in [0.5, 0.6) is 0 Å². The SMILES string of the molecule is CC1(C(=O)c2cc(Cl)cc(Cl)c2)CCCS1. The maximum absolute atomic E-state index is 12.3. The smallest absolute Gasteiger partial charge is 0.178 e. The van der Waals surface area contributed by atoms with Crippen LogP contribution in [-0.2, 0) is 0 Å². The fourth-order valence-electron chi connectivity index (χ4n) is 1.95. The molecule has 1 saturated heterocycles. The van der Waals surface area contributed by atoms with E-state index in [4.69, 9.17) is 23.2 Å². The van der Waals surface area contributed by atoms with Crippen molar-refractivity contribution in [2.24, 2.45) is 0 Å². The van der Waals surface area contributed by atoms with Gasteiger partial charge in [0, 0.05) is 15.6 Å². The Hall–Kier alpha value is -0.180. The maximum Gasteiger partial charge on any atom is 0.178 e. The molecule has 0 bridgehead atoms. The Morgan fingerprint density at radius 3 is 2.44 bits per heavy atom. The lowest BCUT2D eigenvalue weighted by Crippen LogP contribution is -2.28. The molecule has 0 aromatic heterocycles. The lowest BCUT2D eigenvalue weighted by molar-refractivity contribution is 0.0949. The summed E-state index contributed by atoms with van der Waals surface area (Å²) >= 11 is 13.5. The average Bonchev–Trinajstić information content (AvgIpc) is 2.64. The molecule has 86 valence electrons. The van der Waals surface area contributed by atoms with Crippen LogP contribution in [0.4, 0.5) is 0 Å². The van der Waals surface area contributed by atoms with Crippen LogP contribution in [0.15, 0.2) is 18.2 Å². The summed E-state index contributed by atoms with van der Waals surface area (Å²) in [5.41, 5.74) is 0.620. The Labute approximate surface area is 110 Å². The second-order valence-corrected chi connectivity index (χ2v) is 6.64. The summed E-state index contributed by atoms with van der Waals surface area (Å²) in [5, 5.41) is 1.03. The fourth-order valence-corrected chi connectivity index (χ4v) is 3.75. The van der Waals surface area contributed by atoms with Gasteiger partial charge in [-0.05, 0) is 43.7 Å². The number of hydrogen-bond donors (Lipinski definition) is 0. The van der Waals surface area contributed by atoms with Crippen molar-refractivity contribution < 1.29 is 4.79 Å². The number of carbonyl (C=O) groups excluding carboxylic acids is 1. The summed E-state index contributed by atoms with van der Waals surface area (Å²) in [6.07, 6.45) is 2.03. The van der Waals surface area contributed by atoms with Gasteiger partial charge in [0.2, 0.25) is 0 Å². The van der Waals surface area contributed by atoms with E-state index >= 15 is 0 Å². The van der Waals surface area contributed by atoms with E-state index in [0.29, 0.717) is 15.6 Å². The van der Waals surface area contributed by atoms with Crippen molar-refractivity contribution in [3.8, 4) is 0 Å². The normalized spacial score (nSPS) is 24.7. The van der Waals surface area contributed by atoms with Crippen molar-refractivity contribution in [2.75, 3.05) is 5.75 Å². The summed E-state index contributed by atoms with van der Waals surface area (Å²) < 4.78 is -0.298. The van der Waals surface area contributed by atoms with Gasteiger partial charge in [-0.3, -0.25) is 4.79 Å². The number of hydrogen-bond acceptors (Lipinski definition) is 2. The molecule has 1 aliphatic rings. The zero-order chi connectivity index (χ0) is 11.8. The Kier molecular flexibility index (Phi) is 3.53. The Balaban J connectivity index is 2.33. The highest BCUT2D eigenvalue weighted by Gasteiger charge is 2.37. The highest BCUT2D eigenvalue weighted by Crippen LogP contribution is 2.40. The van der Waals surface area contributed by atoms with Gasteiger partial charge in [-0.1, -0.05) is 23.2 Å². The molecular formula is C12H12Cl2OS. The van der Waals surface area contributed by atoms with Gasteiger partial charge >= 0.3 is 0 Å². The van der Waals surface area contributed by atoms with Gasteiger partial charge < -0.3 is 0 Å². The minimum atomic E-state index is -0.298. The zero-order valence-electron chi connectivity index (χ0n) is 8.93. The van der Waals surface area contributed by atoms with E-state index in [1.54, 1.807) is 30.0 Å². The fraction of sp³-hybridized carbons (Fsp3) is 0.417. The quantitative estimate of drug-likeness (QED) is 0.741. The summed E-state index contributed by atoms with van der Waals surface area (Å²) in [7, 11) is 0. The van der Waals surface area contributed by atoms with E-state index < -0.39 is 0 Å². The summed E-state index contributed by atoms with van der Waals surface area (Å²) in [5.74, 6) is 1.19. The molecule has 0 amide bonds. The number of ketones is 1. The predicted molar refractivity (Wildman–Crippen MR) is 70.9 cm³/mol. The zero-order valence-corrected chi connectivity index (χ0v) is 11.3. The minimum Gasteiger partial charge on any atom is -0.293 e.